The second kappa shape index (κ2) is 32.4. The van der Waals surface area contributed by atoms with Crippen LogP contribution in [0.5, 0.6) is 11.5 Å². The monoisotopic (exact) mass is 1070 g/mol. The number of phenolic OH excluding ortho intramolecular Hbond substituents is 1. The van der Waals surface area contributed by atoms with Gasteiger partial charge >= 0.3 is 12.0 Å². The first-order valence-electron chi connectivity index (χ1n) is 25.9. The molecule has 3 atom stereocenters. The summed E-state index contributed by atoms with van der Waals surface area (Å²) < 4.78 is 24.3. The molecule has 76 heavy (non-hydrogen) atoms. The van der Waals surface area contributed by atoms with Crippen molar-refractivity contribution in [3.05, 3.63) is 89.2 Å². The van der Waals surface area contributed by atoms with Gasteiger partial charge in [0.1, 0.15) is 23.7 Å². The number of carbonyl (C=O) groups excluding carboxylic acids is 4. The summed E-state index contributed by atoms with van der Waals surface area (Å²) in [6, 6.07) is 17.0. The molecule has 1 aromatic heterocycles. The van der Waals surface area contributed by atoms with Crippen LogP contribution in [0.1, 0.15) is 98.3 Å². The maximum absolute atomic E-state index is 12.5. The zero-order chi connectivity index (χ0) is 53.7. The Kier molecular flexibility index (Phi) is 24.8. The number of fused-ring (bicyclic) bond motifs is 1. The van der Waals surface area contributed by atoms with E-state index in [4.69, 9.17) is 18.9 Å². The third-order valence-electron chi connectivity index (χ3n) is 12.2. The van der Waals surface area contributed by atoms with Crippen LogP contribution in [0.15, 0.2) is 77.1 Å². The van der Waals surface area contributed by atoms with Gasteiger partial charge in [0.25, 0.3) is 0 Å². The molecule has 2 saturated heterocycles. The van der Waals surface area contributed by atoms with Gasteiger partial charge in [0, 0.05) is 73.4 Å². The van der Waals surface area contributed by atoms with Crippen LogP contribution >= 0.6 is 11.8 Å². The molecule has 7 N–H and O–H groups in total. The Morgan fingerprint density at radius 1 is 0.776 bits per heavy atom. The number of hydrogen-bond acceptors (Lipinski definition) is 15. The van der Waals surface area contributed by atoms with Crippen molar-refractivity contribution in [1.29, 1.82) is 0 Å². The maximum atomic E-state index is 12.5. The summed E-state index contributed by atoms with van der Waals surface area (Å²) in [5.41, 5.74) is 3.59. The van der Waals surface area contributed by atoms with Crippen molar-refractivity contribution in [3.63, 3.8) is 0 Å². The highest BCUT2D eigenvalue weighted by Gasteiger charge is 2.42. The highest BCUT2D eigenvalue weighted by Crippen LogP contribution is 2.34. The number of anilines is 1. The van der Waals surface area contributed by atoms with Crippen LogP contribution in [-0.4, -0.2) is 137 Å². The molecule has 2 aliphatic heterocycles. The lowest BCUT2D eigenvalue weighted by atomic mass is 10.0. The summed E-state index contributed by atoms with van der Waals surface area (Å²) in [7, 11) is 0. The number of urea groups is 1. The maximum Gasteiger partial charge on any atom is 0.337 e. The van der Waals surface area contributed by atoms with E-state index in [0.717, 1.165) is 53.9 Å². The van der Waals surface area contributed by atoms with E-state index in [0.29, 0.717) is 109 Å². The topological polar surface area (TPSA) is 278 Å². The van der Waals surface area contributed by atoms with Crippen molar-refractivity contribution in [2.24, 2.45) is 10.2 Å². The number of aromatic hydroxyl groups is 1. The number of nitrogens with zero attached hydrogens (tertiary/aromatic N) is 5. The molecule has 3 aromatic carbocycles. The molecule has 0 spiro atoms. The predicted octanol–water partition coefficient (Wildman–Crippen LogP) is 6.62. The fourth-order valence-electron chi connectivity index (χ4n) is 8.35. The molecule has 408 valence electrons. The largest absolute Gasteiger partial charge is 0.508 e. The lowest BCUT2D eigenvalue weighted by molar-refractivity contribution is -0.122. The number of carboxylic acid groups (broad SMARTS) is 1. The molecular weight excluding hydrogens is 997 g/mol. The molecule has 0 aliphatic carbocycles. The van der Waals surface area contributed by atoms with Crippen LogP contribution in [-0.2, 0) is 48.0 Å². The van der Waals surface area contributed by atoms with E-state index in [1.165, 1.54) is 18.2 Å². The second-order valence-corrected chi connectivity index (χ2v) is 19.4. The molecule has 4 aromatic rings. The number of amides is 5. The molecule has 22 heteroatoms. The molecule has 0 bridgehead atoms. The molecule has 21 nitrogen and oxygen atoms in total. The van der Waals surface area contributed by atoms with Gasteiger partial charge in [-0.2, -0.15) is 11.8 Å². The predicted molar refractivity (Wildman–Crippen MR) is 286 cm³/mol. The molecule has 5 amide bonds. The Morgan fingerprint density at radius 3 is 2.25 bits per heavy atom. The van der Waals surface area contributed by atoms with E-state index in [1.807, 2.05) is 42.2 Å². The number of aryl methyl sites for hydroxylation is 3. The molecule has 6 rings (SSSR count). The Balaban J connectivity index is 0.770. The van der Waals surface area contributed by atoms with Gasteiger partial charge in [-0.25, -0.2) is 9.59 Å². The quantitative estimate of drug-likeness (QED) is 0.0110. The van der Waals surface area contributed by atoms with E-state index in [1.54, 1.807) is 29.8 Å². The number of hydrogen-bond donors (Lipinski definition) is 7. The van der Waals surface area contributed by atoms with Crippen molar-refractivity contribution in [2.75, 3.05) is 70.4 Å². The summed E-state index contributed by atoms with van der Waals surface area (Å²) in [5, 5.41) is 52.0. The Morgan fingerprint density at radius 2 is 1.47 bits per heavy atom. The van der Waals surface area contributed by atoms with Crippen molar-refractivity contribution in [2.45, 2.75) is 108 Å². The standard InChI is InChI=1S/C54H70N10O11S/c1-2-9-38-16-19-40(20-17-38)57-51(68)14-5-6-26-64-36-41(60-63-64)11-7-15-50(67)55-24-8-10-39-18-22-44(43(34-39)53(69)70)61-62-45-23-21-42(65)35-47(45)75-33-32-74-31-30-73-29-28-72-27-25-56-49(66)13-4-3-12-48-52-46(37-76-48)58-54(71)59-52/h16-23,34-36,46,48,52,65H,3-8,10-15,24-33,37H2,1H3,(H,55,67)(H,56,66)(H,57,68)(H,69,70)(H2,58,59,71)/t46?,48-,52?/m0/s1. The van der Waals surface area contributed by atoms with Gasteiger partial charge in [0.05, 0.1) is 63.0 Å². The normalized spacial score (nSPS) is 15.6. The van der Waals surface area contributed by atoms with Gasteiger partial charge in [0.15, 0.2) is 5.75 Å². The number of aromatic carboxylic acids is 1. The van der Waals surface area contributed by atoms with Crippen LogP contribution in [0.4, 0.5) is 21.9 Å². The highest BCUT2D eigenvalue weighted by atomic mass is 32.2. The fraction of sp³-hybridized carbons (Fsp3) is 0.500. The number of aromatic nitrogens is 3. The molecule has 2 aliphatic rings. The van der Waals surface area contributed by atoms with E-state index in [9.17, 15) is 34.2 Å². The number of phenols is 1. The number of carbonyl (C=O) groups is 5. The molecule has 2 fully saturated rings. The number of azo groups is 1. The SMILES string of the molecule is CC#Cc1ccc(NC(=O)CCCCn2cc(CCCC(=O)NCCCc3ccc(N=Nc4ccc(O)cc4OCCOCCOCCOCCNC(=O)CCCC[C@@H]4SCC5NC(=O)NC54)c(C(=O)O)c3)nn2)cc1. The van der Waals surface area contributed by atoms with E-state index >= 15 is 0 Å². The minimum absolute atomic E-state index is 0.000480. The Bertz CT molecular complexity index is 2600. The smallest absolute Gasteiger partial charge is 0.337 e. The summed E-state index contributed by atoms with van der Waals surface area (Å²) in [6.07, 6.45) is 9.58. The van der Waals surface area contributed by atoms with Gasteiger partial charge in [0.2, 0.25) is 17.7 Å². The lowest BCUT2D eigenvalue weighted by Gasteiger charge is -2.16. The minimum atomic E-state index is -1.17. The molecule has 0 radical (unpaired) electrons. The van der Waals surface area contributed by atoms with Crippen LogP contribution < -0.4 is 31.3 Å². The van der Waals surface area contributed by atoms with E-state index < -0.39 is 5.97 Å². The van der Waals surface area contributed by atoms with Crippen molar-refractivity contribution in [3.8, 4) is 23.3 Å². The number of benzene rings is 3. The van der Waals surface area contributed by atoms with Gasteiger partial charge in [-0.1, -0.05) is 23.6 Å². The van der Waals surface area contributed by atoms with Gasteiger partial charge < -0.3 is 55.7 Å². The molecule has 0 saturated carbocycles. The Hall–Kier alpha value is -7.06. The van der Waals surface area contributed by atoms with Gasteiger partial charge in [-0.05, 0) is 112 Å². The first kappa shape index (κ1) is 58.2. The first-order valence-corrected chi connectivity index (χ1v) is 27.0. The number of nitrogens with one attached hydrogen (secondary N) is 5. The Labute approximate surface area is 447 Å². The van der Waals surface area contributed by atoms with Gasteiger partial charge in [-0.15, -0.1) is 21.2 Å². The molecule has 2 unspecified atom stereocenters. The van der Waals surface area contributed by atoms with Crippen molar-refractivity contribution < 1.29 is 53.1 Å². The summed E-state index contributed by atoms with van der Waals surface area (Å²) in [6.45, 7) is 5.40. The van der Waals surface area contributed by atoms with Crippen LogP contribution in [0.25, 0.3) is 0 Å². The number of rotatable bonds is 35. The summed E-state index contributed by atoms with van der Waals surface area (Å²) in [5.74, 6) is 5.65. The van der Waals surface area contributed by atoms with Gasteiger partial charge in [-0.3, -0.25) is 19.1 Å². The summed E-state index contributed by atoms with van der Waals surface area (Å²) in [4.78, 5) is 60.8. The molecule has 3 heterocycles. The number of ether oxygens (including phenoxy) is 4. The zero-order valence-electron chi connectivity index (χ0n) is 43.1. The zero-order valence-corrected chi connectivity index (χ0v) is 43.9. The van der Waals surface area contributed by atoms with E-state index in [2.05, 4.69) is 59.0 Å². The van der Waals surface area contributed by atoms with Crippen molar-refractivity contribution in [1.82, 2.24) is 36.3 Å². The minimum Gasteiger partial charge on any atom is -0.508 e. The first-order chi connectivity index (χ1) is 37.0. The molecular formula is C54H70N10O11S. The van der Waals surface area contributed by atoms with Crippen LogP contribution in [0.3, 0.4) is 0 Å². The number of thioether (sulfide) groups is 1. The number of carboxylic acids is 1. The highest BCUT2D eigenvalue weighted by molar-refractivity contribution is 8.00. The summed E-state index contributed by atoms with van der Waals surface area (Å²) >= 11 is 1.88. The fourth-order valence-corrected chi connectivity index (χ4v) is 9.89. The number of unbranched alkanes of at least 4 members (excludes halogenated alkanes) is 2. The third kappa shape index (κ3) is 20.9. The van der Waals surface area contributed by atoms with E-state index in [-0.39, 0.29) is 77.5 Å². The van der Waals surface area contributed by atoms with Crippen LogP contribution in [0.2, 0.25) is 0 Å². The second-order valence-electron chi connectivity index (χ2n) is 18.1. The average Bonchev–Trinajstić information content (AvgIpc) is 4.13. The third-order valence-corrected chi connectivity index (χ3v) is 13.8. The van der Waals surface area contributed by atoms with Crippen LogP contribution in [0, 0.1) is 11.8 Å². The average molecular weight is 1070 g/mol. The van der Waals surface area contributed by atoms with Crippen molar-refractivity contribution >= 4 is 58.5 Å². The lowest BCUT2D eigenvalue weighted by Crippen LogP contribution is -2.36.